The number of ether oxygens (including phenoxy) is 3. The first kappa shape index (κ1) is 21.7. The van der Waals surface area contributed by atoms with Gasteiger partial charge in [0, 0.05) is 17.7 Å². The molecule has 0 aliphatic rings. The lowest BCUT2D eigenvalue weighted by Crippen LogP contribution is -2.21. The fraction of sp³-hybridized carbons (Fsp3) is 0.167. The Kier molecular flexibility index (Phi) is 7.11. The zero-order valence-electron chi connectivity index (χ0n) is 17.6. The number of carbonyl (C=O) groups is 2. The molecule has 0 bridgehead atoms. The molecule has 3 aromatic rings. The second-order valence-corrected chi connectivity index (χ2v) is 6.68. The highest BCUT2D eigenvalue weighted by Crippen LogP contribution is 2.36. The predicted molar refractivity (Wildman–Crippen MR) is 119 cm³/mol. The van der Waals surface area contributed by atoms with E-state index in [0.29, 0.717) is 34.2 Å². The largest absolute Gasteiger partial charge is 0.494 e. The number of hydrogen-bond acceptors (Lipinski definition) is 5. The monoisotopic (exact) mass is 420 g/mol. The van der Waals surface area contributed by atoms with Gasteiger partial charge in [-0.3, -0.25) is 9.59 Å². The summed E-state index contributed by atoms with van der Waals surface area (Å²) in [4.78, 5) is 24.9. The standard InChI is InChI=1S/C24H24N2O5/c1-16-9-7-8-12-20(16)31-15-23(27)25-18-13-22(30-3)19(14-21(18)29-2)26-24(28)17-10-5-4-6-11-17/h4-14H,15H2,1-3H3,(H,25,27)(H,26,28). The topological polar surface area (TPSA) is 85.9 Å². The number of carbonyl (C=O) groups excluding carboxylic acids is 2. The molecular formula is C24H24N2O5. The first-order valence-electron chi connectivity index (χ1n) is 9.62. The zero-order valence-corrected chi connectivity index (χ0v) is 17.6. The highest BCUT2D eigenvalue weighted by atomic mass is 16.5. The van der Waals surface area contributed by atoms with Gasteiger partial charge >= 0.3 is 0 Å². The van der Waals surface area contributed by atoms with Crippen LogP contribution in [0.2, 0.25) is 0 Å². The Morgan fingerprint density at radius 2 is 1.35 bits per heavy atom. The van der Waals surface area contributed by atoms with Gasteiger partial charge in [-0.2, -0.15) is 0 Å². The third-order valence-corrected chi connectivity index (χ3v) is 4.53. The van der Waals surface area contributed by atoms with Gasteiger partial charge in [0.1, 0.15) is 17.2 Å². The number of nitrogens with one attached hydrogen (secondary N) is 2. The number of hydrogen-bond donors (Lipinski definition) is 2. The van der Waals surface area contributed by atoms with Gasteiger partial charge in [-0.15, -0.1) is 0 Å². The van der Waals surface area contributed by atoms with Crippen LogP contribution in [0.4, 0.5) is 11.4 Å². The van der Waals surface area contributed by atoms with Crippen molar-refractivity contribution in [3.8, 4) is 17.2 Å². The maximum absolute atomic E-state index is 12.5. The van der Waals surface area contributed by atoms with Gasteiger partial charge < -0.3 is 24.8 Å². The summed E-state index contributed by atoms with van der Waals surface area (Å²) in [6.07, 6.45) is 0. The summed E-state index contributed by atoms with van der Waals surface area (Å²) >= 11 is 0. The van der Waals surface area contributed by atoms with E-state index in [1.165, 1.54) is 14.2 Å². The van der Waals surface area contributed by atoms with Gasteiger partial charge in [0.05, 0.1) is 25.6 Å². The molecule has 0 unspecified atom stereocenters. The molecule has 160 valence electrons. The maximum Gasteiger partial charge on any atom is 0.262 e. The SMILES string of the molecule is COc1cc(NC(=O)c2ccccc2)c(OC)cc1NC(=O)COc1ccccc1C. The van der Waals surface area contributed by atoms with Crippen LogP contribution < -0.4 is 24.8 Å². The van der Waals surface area contributed by atoms with Crippen LogP contribution in [0.1, 0.15) is 15.9 Å². The molecule has 0 aliphatic carbocycles. The smallest absolute Gasteiger partial charge is 0.262 e. The number of aryl methyl sites for hydroxylation is 1. The van der Waals surface area contributed by atoms with Crippen LogP contribution >= 0.6 is 0 Å². The van der Waals surface area contributed by atoms with Crippen molar-refractivity contribution in [2.24, 2.45) is 0 Å². The number of benzene rings is 3. The van der Waals surface area contributed by atoms with E-state index in [-0.39, 0.29) is 18.4 Å². The number of methoxy groups -OCH3 is 2. The Hall–Kier alpha value is -4.00. The lowest BCUT2D eigenvalue weighted by Gasteiger charge is -2.16. The fourth-order valence-corrected chi connectivity index (χ4v) is 2.93. The summed E-state index contributed by atoms with van der Waals surface area (Å²) in [5.41, 5.74) is 2.26. The molecule has 7 nitrogen and oxygen atoms in total. The molecule has 0 atom stereocenters. The molecule has 2 N–H and O–H groups in total. The predicted octanol–water partition coefficient (Wildman–Crippen LogP) is 4.28. The minimum absolute atomic E-state index is 0.164. The Morgan fingerprint density at radius 1 is 0.774 bits per heavy atom. The summed E-state index contributed by atoms with van der Waals surface area (Å²) in [5, 5.41) is 5.56. The molecule has 0 aliphatic heterocycles. The molecule has 31 heavy (non-hydrogen) atoms. The second kappa shape index (κ2) is 10.2. The molecule has 0 fully saturated rings. The van der Waals surface area contributed by atoms with Gasteiger partial charge in [0.2, 0.25) is 0 Å². The van der Waals surface area contributed by atoms with Crippen LogP contribution in [0.25, 0.3) is 0 Å². The number of para-hydroxylation sites is 1. The highest BCUT2D eigenvalue weighted by molar-refractivity contribution is 6.05. The molecule has 0 radical (unpaired) electrons. The van der Waals surface area contributed by atoms with E-state index in [9.17, 15) is 9.59 Å². The number of anilines is 2. The Labute approximate surface area is 180 Å². The molecule has 0 saturated heterocycles. The Bertz CT molecular complexity index is 1070. The normalized spacial score (nSPS) is 10.2. The van der Waals surface area contributed by atoms with Gasteiger partial charge in [-0.25, -0.2) is 0 Å². The van der Waals surface area contributed by atoms with Crippen molar-refractivity contribution in [2.75, 3.05) is 31.5 Å². The highest BCUT2D eigenvalue weighted by Gasteiger charge is 2.16. The lowest BCUT2D eigenvalue weighted by atomic mass is 10.2. The van der Waals surface area contributed by atoms with Crippen LogP contribution in [0.15, 0.2) is 66.7 Å². The second-order valence-electron chi connectivity index (χ2n) is 6.68. The number of rotatable bonds is 8. The summed E-state index contributed by atoms with van der Waals surface area (Å²) in [7, 11) is 2.96. The van der Waals surface area contributed by atoms with Gasteiger partial charge in [0.25, 0.3) is 11.8 Å². The van der Waals surface area contributed by atoms with Gasteiger partial charge in [-0.05, 0) is 30.7 Å². The van der Waals surface area contributed by atoms with Crippen molar-refractivity contribution in [3.63, 3.8) is 0 Å². The molecule has 7 heteroatoms. The third kappa shape index (κ3) is 5.54. The van der Waals surface area contributed by atoms with E-state index >= 15 is 0 Å². The van der Waals surface area contributed by atoms with Crippen molar-refractivity contribution in [3.05, 3.63) is 77.9 Å². The summed E-state index contributed by atoms with van der Waals surface area (Å²) in [5.74, 6) is 0.740. The van der Waals surface area contributed by atoms with Crippen LogP contribution in [0.5, 0.6) is 17.2 Å². The van der Waals surface area contributed by atoms with E-state index in [1.807, 2.05) is 31.2 Å². The third-order valence-electron chi connectivity index (χ3n) is 4.53. The van der Waals surface area contributed by atoms with Crippen molar-refractivity contribution < 1.29 is 23.8 Å². The molecule has 3 rings (SSSR count). The summed E-state index contributed by atoms with van der Waals surface area (Å²) < 4.78 is 16.4. The molecule has 0 spiro atoms. The van der Waals surface area contributed by atoms with Crippen LogP contribution in [0.3, 0.4) is 0 Å². The van der Waals surface area contributed by atoms with Crippen molar-refractivity contribution in [1.29, 1.82) is 0 Å². The number of amides is 2. The van der Waals surface area contributed by atoms with E-state index in [4.69, 9.17) is 14.2 Å². The van der Waals surface area contributed by atoms with E-state index < -0.39 is 0 Å². The molecule has 0 saturated carbocycles. The van der Waals surface area contributed by atoms with E-state index in [2.05, 4.69) is 10.6 Å². The zero-order chi connectivity index (χ0) is 22.2. The molecule has 0 aromatic heterocycles. The fourth-order valence-electron chi connectivity index (χ4n) is 2.93. The Morgan fingerprint density at radius 3 is 1.97 bits per heavy atom. The van der Waals surface area contributed by atoms with Crippen molar-refractivity contribution in [1.82, 2.24) is 0 Å². The first-order chi connectivity index (χ1) is 15.0. The first-order valence-corrected chi connectivity index (χ1v) is 9.62. The molecular weight excluding hydrogens is 396 g/mol. The minimum Gasteiger partial charge on any atom is -0.494 e. The Balaban J connectivity index is 1.74. The van der Waals surface area contributed by atoms with Gasteiger partial charge in [-0.1, -0.05) is 36.4 Å². The summed E-state index contributed by atoms with van der Waals surface area (Å²) in [6.45, 7) is 1.74. The average molecular weight is 420 g/mol. The van der Waals surface area contributed by atoms with Crippen LogP contribution in [-0.4, -0.2) is 32.6 Å². The lowest BCUT2D eigenvalue weighted by molar-refractivity contribution is -0.118. The van der Waals surface area contributed by atoms with Crippen LogP contribution in [-0.2, 0) is 4.79 Å². The van der Waals surface area contributed by atoms with E-state index in [1.54, 1.807) is 42.5 Å². The van der Waals surface area contributed by atoms with Crippen LogP contribution in [0, 0.1) is 6.92 Å². The quantitative estimate of drug-likeness (QED) is 0.568. The molecule has 2 amide bonds. The minimum atomic E-state index is -0.357. The van der Waals surface area contributed by atoms with E-state index in [0.717, 1.165) is 5.56 Å². The van der Waals surface area contributed by atoms with Gasteiger partial charge in [0.15, 0.2) is 6.61 Å². The summed E-state index contributed by atoms with van der Waals surface area (Å²) in [6, 6.07) is 19.5. The van der Waals surface area contributed by atoms with Crippen molar-refractivity contribution >= 4 is 23.2 Å². The average Bonchev–Trinajstić information content (AvgIpc) is 2.79. The maximum atomic E-state index is 12.5. The molecule has 0 heterocycles. The molecule has 3 aromatic carbocycles. The van der Waals surface area contributed by atoms with Crippen molar-refractivity contribution in [2.45, 2.75) is 6.92 Å².